The van der Waals surface area contributed by atoms with Crippen LogP contribution in [0.5, 0.6) is 0 Å². The molecule has 2 atom stereocenters. The summed E-state index contributed by atoms with van der Waals surface area (Å²) in [7, 11) is 0. The number of amides is 1. The SMILES string of the molecule is C[C@@H]1CN(CCCNC(=O)CCl)C[C@@H](C)O1. The molecular weight excluding hydrogens is 228 g/mol. The van der Waals surface area contributed by atoms with Gasteiger partial charge in [0.15, 0.2) is 0 Å². The van der Waals surface area contributed by atoms with Gasteiger partial charge in [-0.1, -0.05) is 0 Å². The molecule has 0 unspecified atom stereocenters. The van der Waals surface area contributed by atoms with Gasteiger partial charge in [-0.25, -0.2) is 0 Å². The molecule has 1 aliphatic heterocycles. The van der Waals surface area contributed by atoms with Gasteiger partial charge in [-0.3, -0.25) is 9.69 Å². The molecule has 1 saturated heterocycles. The van der Waals surface area contributed by atoms with E-state index in [0.29, 0.717) is 18.8 Å². The van der Waals surface area contributed by atoms with Crippen LogP contribution in [0.25, 0.3) is 0 Å². The molecule has 0 spiro atoms. The summed E-state index contributed by atoms with van der Waals surface area (Å²) in [5, 5.41) is 2.77. The maximum absolute atomic E-state index is 10.9. The van der Waals surface area contributed by atoms with Gasteiger partial charge in [-0.15, -0.1) is 11.6 Å². The first-order chi connectivity index (χ1) is 7.61. The molecule has 94 valence electrons. The van der Waals surface area contributed by atoms with E-state index in [-0.39, 0.29) is 11.8 Å². The van der Waals surface area contributed by atoms with Gasteiger partial charge in [0.1, 0.15) is 5.88 Å². The number of alkyl halides is 1. The predicted octanol–water partition coefficient (Wildman–Crippen LogP) is 0.841. The number of nitrogens with zero attached hydrogens (tertiary/aromatic N) is 1. The zero-order valence-corrected chi connectivity index (χ0v) is 10.8. The first-order valence-electron chi connectivity index (χ1n) is 5.82. The molecule has 1 fully saturated rings. The van der Waals surface area contributed by atoms with Crippen LogP contribution in [0.15, 0.2) is 0 Å². The minimum absolute atomic E-state index is 0.0472. The Labute approximate surface area is 102 Å². The maximum Gasteiger partial charge on any atom is 0.234 e. The highest BCUT2D eigenvalue weighted by atomic mass is 35.5. The Morgan fingerprint density at radius 1 is 1.44 bits per heavy atom. The van der Waals surface area contributed by atoms with E-state index in [1.165, 1.54) is 0 Å². The van der Waals surface area contributed by atoms with Crippen LogP contribution in [0, 0.1) is 0 Å². The van der Waals surface area contributed by atoms with Crippen LogP contribution in [0.1, 0.15) is 20.3 Å². The van der Waals surface area contributed by atoms with Crippen molar-refractivity contribution < 1.29 is 9.53 Å². The van der Waals surface area contributed by atoms with Crippen molar-refractivity contribution in [1.82, 2.24) is 10.2 Å². The highest BCUT2D eigenvalue weighted by Gasteiger charge is 2.21. The third-order valence-electron chi connectivity index (χ3n) is 2.59. The molecule has 0 aromatic carbocycles. The van der Waals surface area contributed by atoms with E-state index in [1.54, 1.807) is 0 Å². The van der Waals surface area contributed by atoms with E-state index in [2.05, 4.69) is 24.1 Å². The highest BCUT2D eigenvalue weighted by molar-refractivity contribution is 6.27. The van der Waals surface area contributed by atoms with Crippen LogP contribution >= 0.6 is 11.6 Å². The molecule has 0 aliphatic carbocycles. The molecule has 4 nitrogen and oxygen atoms in total. The number of carbonyl (C=O) groups excluding carboxylic acids is 1. The summed E-state index contributed by atoms with van der Waals surface area (Å²) < 4.78 is 5.65. The molecule has 0 aromatic heterocycles. The quantitative estimate of drug-likeness (QED) is 0.579. The number of hydrogen-bond donors (Lipinski definition) is 1. The second-order valence-corrected chi connectivity index (χ2v) is 4.62. The fourth-order valence-electron chi connectivity index (χ4n) is 2.04. The lowest BCUT2D eigenvalue weighted by molar-refractivity contribution is -0.118. The Bertz CT molecular complexity index is 216. The number of rotatable bonds is 5. The topological polar surface area (TPSA) is 41.6 Å². The Morgan fingerprint density at radius 2 is 2.06 bits per heavy atom. The van der Waals surface area contributed by atoms with Crippen LogP contribution in [0.3, 0.4) is 0 Å². The van der Waals surface area contributed by atoms with E-state index < -0.39 is 0 Å². The van der Waals surface area contributed by atoms with Gasteiger partial charge in [0.2, 0.25) is 5.91 Å². The standard InChI is InChI=1S/C11H21ClN2O2/c1-9-7-14(8-10(2)16-9)5-3-4-13-11(15)6-12/h9-10H,3-8H2,1-2H3,(H,13,15)/t9-,10-/m1/s1. The van der Waals surface area contributed by atoms with E-state index in [9.17, 15) is 4.79 Å². The van der Waals surface area contributed by atoms with E-state index >= 15 is 0 Å². The van der Waals surface area contributed by atoms with Crippen molar-refractivity contribution in [3.8, 4) is 0 Å². The third-order valence-corrected chi connectivity index (χ3v) is 2.83. The van der Waals surface area contributed by atoms with Crippen molar-refractivity contribution >= 4 is 17.5 Å². The average molecular weight is 249 g/mol. The number of morpholine rings is 1. The summed E-state index contributed by atoms with van der Waals surface area (Å²) in [6.07, 6.45) is 1.57. The minimum atomic E-state index is -0.0922. The molecule has 0 radical (unpaired) electrons. The van der Waals surface area contributed by atoms with Crippen LogP contribution in [0.2, 0.25) is 0 Å². The molecule has 16 heavy (non-hydrogen) atoms. The van der Waals surface area contributed by atoms with Crippen LogP contribution < -0.4 is 5.32 Å². The van der Waals surface area contributed by atoms with Crippen molar-refractivity contribution in [3.05, 3.63) is 0 Å². The second kappa shape index (κ2) is 7.09. The zero-order chi connectivity index (χ0) is 12.0. The lowest BCUT2D eigenvalue weighted by Crippen LogP contribution is -2.46. The fourth-order valence-corrected chi connectivity index (χ4v) is 2.14. The summed E-state index contributed by atoms with van der Waals surface area (Å²) in [5.74, 6) is -0.0450. The van der Waals surface area contributed by atoms with Crippen molar-refractivity contribution in [2.24, 2.45) is 0 Å². The van der Waals surface area contributed by atoms with Crippen molar-refractivity contribution in [3.63, 3.8) is 0 Å². The lowest BCUT2D eigenvalue weighted by Gasteiger charge is -2.35. The smallest absolute Gasteiger partial charge is 0.234 e. The van der Waals surface area contributed by atoms with Gasteiger partial charge in [-0.2, -0.15) is 0 Å². The van der Waals surface area contributed by atoms with Gasteiger partial charge in [0.05, 0.1) is 12.2 Å². The van der Waals surface area contributed by atoms with E-state index in [0.717, 1.165) is 26.1 Å². The van der Waals surface area contributed by atoms with E-state index in [1.807, 2.05) is 0 Å². The molecule has 1 N–H and O–H groups in total. The zero-order valence-electron chi connectivity index (χ0n) is 10.0. The molecule has 0 bridgehead atoms. The molecule has 1 heterocycles. The molecule has 0 aromatic rings. The predicted molar refractivity (Wildman–Crippen MR) is 64.8 cm³/mol. The molecule has 1 aliphatic rings. The average Bonchev–Trinajstić information content (AvgIpc) is 2.22. The van der Waals surface area contributed by atoms with Crippen LogP contribution in [-0.4, -0.2) is 55.1 Å². The largest absolute Gasteiger partial charge is 0.373 e. The molecule has 1 amide bonds. The Hall–Kier alpha value is -0.320. The van der Waals surface area contributed by atoms with Crippen molar-refractivity contribution in [2.45, 2.75) is 32.5 Å². The Kier molecular flexibility index (Phi) is 6.09. The summed E-state index contributed by atoms with van der Waals surface area (Å²) >= 11 is 5.38. The number of ether oxygens (including phenoxy) is 1. The highest BCUT2D eigenvalue weighted by Crippen LogP contribution is 2.10. The summed E-state index contributed by atoms with van der Waals surface area (Å²) in [6.45, 7) is 7.85. The minimum Gasteiger partial charge on any atom is -0.373 e. The van der Waals surface area contributed by atoms with Crippen LogP contribution in [0.4, 0.5) is 0 Å². The first kappa shape index (κ1) is 13.7. The summed E-state index contributed by atoms with van der Waals surface area (Å²) in [4.78, 5) is 13.3. The van der Waals surface area contributed by atoms with Crippen molar-refractivity contribution in [1.29, 1.82) is 0 Å². The molecule has 1 rings (SSSR count). The molecule has 0 saturated carbocycles. The summed E-state index contributed by atoms with van der Waals surface area (Å²) in [6, 6.07) is 0. The lowest BCUT2D eigenvalue weighted by atomic mass is 10.2. The maximum atomic E-state index is 10.9. The van der Waals surface area contributed by atoms with Gasteiger partial charge < -0.3 is 10.1 Å². The van der Waals surface area contributed by atoms with Crippen LogP contribution in [-0.2, 0) is 9.53 Å². The normalized spacial score (nSPS) is 26.7. The van der Waals surface area contributed by atoms with Crippen molar-refractivity contribution in [2.75, 3.05) is 32.1 Å². The Morgan fingerprint density at radius 3 is 2.62 bits per heavy atom. The monoisotopic (exact) mass is 248 g/mol. The third kappa shape index (κ3) is 5.14. The second-order valence-electron chi connectivity index (χ2n) is 4.35. The van der Waals surface area contributed by atoms with Gasteiger partial charge in [0, 0.05) is 26.2 Å². The number of carbonyl (C=O) groups is 1. The van der Waals surface area contributed by atoms with Gasteiger partial charge in [-0.05, 0) is 20.3 Å². The fraction of sp³-hybridized carbons (Fsp3) is 0.909. The van der Waals surface area contributed by atoms with E-state index in [4.69, 9.17) is 16.3 Å². The number of hydrogen-bond acceptors (Lipinski definition) is 3. The number of halogens is 1. The summed E-state index contributed by atoms with van der Waals surface area (Å²) in [5.41, 5.74) is 0. The number of nitrogens with one attached hydrogen (secondary N) is 1. The molecular formula is C11H21ClN2O2. The Balaban J connectivity index is 2.10. The molecule has 5 heteroatoms. The first-order valence-corrected chi connectivity index (χ1v) is 6.35. The van der Waals surface area contributed by atoms with Gasteiger partial charge in [0.25, 0.3) is 0 Å². The van der Waals surface area contributed by atoms with Gasteiger partial charge >= 0.3 is 0 Å².